The molecule has 0 atom stereocenters. The van der Waals surface area contributed by atoms with Gasteiger partial charge in [0.05, 0.1) is 18.1 Å². The van der Waals surface area contributed by atoms with Gasteiger partial charge in [0.2, 0.25) is 0 Å². The molecule has 0 spiro atoms. The van der Waals surface area contributed by atoms with Crippen molar-refractivity contribution in [1.82, 2.24) is 15.0 Å². The fourth-order valence-electron chi connectivity index (χ4n) is 1.86. The van der Waals surface area contributed by atoms with Gasteiger partial charge in [0.15, 0.2) is 0 Å². The van der Waals surface area contributed by atoms with Crippen LogP contribution in [-0.2, 0) is 0 Å². The Morgan fingerprint density at radius 2 is 1.82 bits per heavy atom. The number of hydrogen-bond donors (Lipinski definition) is 1. The molecule has 1 N–H and O–H groups in total. The van der Waals surface area contributed by atoms with E-state index in [1.807, 2.05) is 6.07 Å². The van der Waals surface area contributed by atoms with Crippen molar-refractivity contribution in [1.29, 1.82) is 0 Å². The summed E-state index contributed by atoms with van der Waals surface area (Å²) in [7, 11) is 0. The fourth-order valence-corrected chi connectivity index (χ4v) is 1.86. The first-order chi connectivity index (χ1) is 10.7. The van der Waals surface area contributed by atoms with Crippen LogP contribution in [0.1, 0.15) is 10.5 Å². The van der Waals surface area contributed by atoms with Gasteiger partial charge in [-0.05, 0) is 36.4 Å². The molecule has 22 heavy (non-hydrogen) atoms. The smallest absolute Gasteiger partial charge is 0.275 e. The Hall–Kier alpha value is -3.15. The molecule has 0 fully saturated rings. The number of benzene rings is 1. The number of hydrogen-bond acceptors (Lipinski definition) is 4. The van der Waals surface area contributed by atoms with Crippen LogP contribution >= 0.6 is 0 Å². The SMILES string of the molecule is O=C(Nc1ccc(F)cc1)c1cncc(-c2cccnc2)n1. The molecule has 1 amide bonds. The fraction of sp³-hybridized carbons (Fsp3) is 0. The number of aromatic nitrogens is 3. The molecule has 1 aromatic carbocycles. The summed E-state index contributed by atoms with van der Waals surface area (Å²) in [6, 6.07) is 9.11. The van der Waals surface area contributed by atoms with Crippen LogP contribution in [0.5, 0.6) is 0 Å². The molecule has 3 rings (SSSR count). The van der Waals surface area contributed by atoms with E-state index in [1.165, 1.54) is 30.5 Å². The number of rotatable bonds is 3. The lowest BCUT2D eigenvalue weighted by Crippen LogP contribution is -2.14. The minimum absolute atomic E-state index is 0.172. The molecule has 108 valence electrons. The van der Waals surface area contributed by atoms with Gasteiger partial charge >= 0.3 is 0 Å². The zero-order valence-electron chi connectivity index (χ0n) is 11.4. The third-order valence-corrected chi connectivity index (χ3v) is 2.93. The van der Waals surface area contributed by atoms with Crippen LogP contribution in [0, 0.1) is 5.82 Å². The Morgan fingerprint density at radius 1 is 1.00 bits per heavy atom. The second kappa shape index (κ2) is 6.09. The predicted molar refractivity (Wildman–Crippen MR) is 79.6 cm³/mol. The van der Waals surface area contributed by atoms with E-state index in [-0.39, 0.29) is 11.5 Å². The van der Waals surface area contributed by atoms with Gasteiger partial charge in [-0.15, -0.1) is 0 Å². The number of nitrogens with one attached hydrogen (secondary N) is 1. The summed E-state index contributed by atoms with van der Waals surface area (Å²) >= 11 is 0. The second-order valence-electron chi connectivity index (χ2n) is 4.49. The zero-order valence-corrected chi connectivity index (χ0v) is 11.4. The number of amides is 1. The molecule has 3 aromatic rings. The van der Waals surface area contributed by atoms with Crippen LogP contribution < -0.4 is 5.32 Å². The first-order valence-corrected chi connectivity index (χ1v) is 6.52. The van der Waals surface area contributed by atoms with Gasteiger partial charge in [-0.3, -0.25) is 14.8 Å². The van der Waals surface area contributed by atoms with Crippen LogP contribution in [0.2, 0.25) is 0 Å². The maximum Gasteiger partial charge on any atom is 0.275 e. The van der Waals surface area contributed by atoms with E-state index in [1.54, 1.807) is 24.7 Å². The van der Waals surface area contributed by atoms with Crippen LogP contribution in [-0.4, -0.2) is 20.9 Å². The van der Waals surface area contributed by atoms with Crippen molar-refractivity contribution < 1.29 is 9.18 Å². The Labute approximate surface area is 125 Å². The minimum atomic E-state index is -0.412. The number of nitrogens with zero attached hydrogens (tertiary/aromatic N) is 3. The van der Waals surface area contributed by atoms with Crippen LogP contribution in [0.3, 0.4) is 0 Å². The van der Waals surface area contributed by atoms with Crippen molar-refractivity contribution >= 4 is 11.6 Å². The molecular weight excluding hydrogens is 283 g/mol. The van der Waals surface area contributed by atoms with Crippen LogP contribution in [0.25, 0.3) is 11.3 Å². The van der Waals surface area contributed by atoms with Gasteiger partial charge in [0, 0.05) is 23.6 Å². The third kappa shape index (κ3) is 3.12. The Bertz CT molecular complexity index is 791. The monoisotopic (exact) mass is 294 g/mol. The maximum atomic E-state index is 12.8. The first kappa shape index (κ1) is 13.8. The van der Waals surface area contributed by atoms with Crippen molar-refractivity contribution in [2.24, 2.45) is 0 Å². The van der Waals surface area contributed by atoms with E-state index in [4.69, 9.17) is 0 Å². The van der Waals surface area contributed by atoms with E-state index >= 15 is 0 Å². The highest BCUT2D eigenvalue weighted by molar-refractivity contribution is 6.02. The van der Waals surface area contributed by atoms with Crippen molar-refractivity contribution in [3.05, 3.63) is 72.7 Å². The van der Waals surface area contributed by atoms with Crippen LogP contribution in [0.15, 0.2) is 61.2 Å². The zero-order chi connectivity index (χ0) is 15.4. The van der Waals surface area contributed by atoms with E-state index < -0.39 is 5.91 Å². The first-order valence-electron chi connectivity index (χ1n) is 6.52. The van der Waals surface area contributed by atoms with Gasteiger partial charge in [0.25, 0.3) is 5.91 Å². The molecule has 2 aromatic heterocycles. The Balaban J connectivity index is 1.82. The lowest BCUT2D eigenvalue weighted by atomic mass is 10.2. The number of carbonyl (C=O) groups is 1. The molecule has 2 heterocycles. The summed E-state index contributed by atoms with van der Waals surface area (Å²) < 4.78 is 12.8. The highest BCUT2D eigenvalue weighted by Crippen LogP contribution is 2.15. The van der Waals surface area contributed by atoms with Crippen molar-refractivity contribution in [2.45, 2.75) is 0 Å². The summed E-state index contributed by atoms with van der Waals surface area (Å²) in [4.78, 5) is 24.5. The van der Waals surface area contributed by atoms with Gasteiger partial charge < -0.3 is 5.32 Å². The molecule has 0 aliphatic rings. The third-order valence-electron chi connectivity index (χ3n) is 2.93. The summed E-state index contributed by atoms with van der Waals surface area (Å²) in [5, 5.41) is 2.64. The number of carbonyl (C=O) groups excluding carboxylic acids is 1. The molecule has 0 aliphatic heterocycles. The molecule has 6 heteroatoms. The topological polar surface area (TPSA) is 67.8 Å². The summed E-state index contributed by atoms with van der Waals surface area (Å²) in [6.45, 7) is 0. The van der Waals surface area contributed by atoms with E-state index in [0.717, 1.165) is 5.56 Å². The van der Waals surface area contributed by atoms with Crippen molar-refractivity contribution in [3.8, 4) is 11.3 Å². The number of anilines is 1. The standard InChI is InChI=1S/C16H11FN4O/c17-12-3-5-13(6-4-12)20-16(22)15-10-19-9-14(21-15)11-2-1-7-18-8-11/h1-10H,(H,20,22). The molecule has 0 unspecified atom stereocenters. The molecule has 5 nitrogen and oxygen atoms in total. The Morgan fingerprint density at radius 3 is 2.55 bits per heavy atom. The normalized spacial score (nSPS) is 10.2. The average molecular weight is 294 g/mol. The largest absolute Gasteiger partial charge is 0.321 e. The van der Waals surface area contributed by atoms with Gasteiger partial charge in [-0.25, -0.2) is 9.37 Å². The molecule has 0 saturated carbocycles. The van der Waals surface area contributed by atoms with Crippen molar-refractivity contribution in [2.75, 3.05) is 5.32 Å². The molecule has 0 bridgehead atoms. The van der Waals surface area contributed by atoms with E-state index in [0.29, 0.717) is 11.4 Å². The molecule has 0 radical (unpaired) electrons. The maximum absolute atomic E-state index is 12.8. The molecule has 0 saturated heterocycles. The van der Waals surface area contributed by atoms with Gasteiger partial charge in [-0.2, -0.15) is 0 Å². The predicted octanol–water partition coefficient (Wildman–Crippen LogP) is 2.93. The van der Waals surface area contributed by atoms with Gasteiger partial charge in [0.1, 0.15) is 11.5 Å². The highest BCUT2D eigenvalue weighted by Gasteiger charge is 2.10. The molecule has 0 aliphatic carbocycles. The second-order valence-corrected chi connectivity index (χ2v) is 4.49. The summed E-state index contributed by atoms with van der Waals surface area (Å²) in [5.41, 5.74) is 1.98. The van der Waals surface area contributed by atoms with Crippen molar-refractivity contribution in [3.63, 3.8) is 0 Å². The average Bonchev–Trinajstić information content (AvgIpc) is 2.58. The van der Waals surface area contributed by atoms with Gasteiger partial charge in [-0.1, -0.05) is 0 Å². The summed E-state index contributed by atoms with van der Waals surface area (Å²) in [5.74, 6) is -0.777. The van der Waals surface area contributed by atoms with Crippen LogP contribution in [0.4, 0.5) is 10.1 Å². The highest BCUT2D eigenvalue weighted by atomic mass is 19.1. The lowest BCUT2D eigenvalue weighted by molar-refractivity contribution is 0.102. The quantitative estimate of drug-likeness (QED) is 0.806. The minimum Gasteiger partial charge on any atom is -0.321 e. The number of halogens is 1. The van der Waals surface area contributed by atoms with E-state index in [9.17, 15) is 9.18 Å². The van der Waals surface area contributed by atoms with E-state index in [2.05, 4.69) is 20.3 Å². The Kier molecular flexibility index (Phi) is 3.82. The lowest BCUT2D eigenvalue weighted by Gasteiger charge is -2.06. The molecular formula is C16H11FN4O. The number of pyridine rings is 1. The summed E-state index contributed by atoms with van der Waals surface area (Å²) in [6.07, 6.45) is 6.23.